The van der Waals surface area contributed by atoms with Crippen molar-refractivity contribution < 1.29 is 4.79 Å². The molecule has 3 nitrogen and oxygen atoms in total. The van der Waals surface area contributed by atoms with E-state index in [0.717, 1.165) is 32.4 Å². The lowest BCUT2D eigenvalue weighted by Gasteiger charge is -2.23. The van der Waals surface area contributed by atoms with Crippen molar-refractivity contribution in [3.63, 3.8) is 0 Å². The van der Waals surface area contributed by atoms with Crippen molar-refractivity contribution in [3.8, 4) is 0 Å². The lowest BCUT2D eigenvalue weighted by atomic mass is 10.0. The summed E-state index contributed by atoms with van der Waals surface area (Å²) in [7, 11) is 0. The fourth-order valence-corrected chi connectivity index (χ4v) is 2.02. The van der Waals surface area contributed by atoms with Gasteiger partial charge in [-0.3, -0.25) is 4.79 Å². The summed E-state index contributed by atoms with van der Waals surface area (Å²) in [4.78, 5) is 11.8. The zero-order valence-electron chi connectivity index (χ0n) is 10.4. The quantitative estimate of drug-likeness (QED) is 0.783. The van der Waals surface area contributed by atoms with E-state index in [-0.39, 0.29) is 24.4 Å². The molecule has 0 aromatic carbocycles. The SMILES string of the molecule is CCC(CC)CNC(=O)C1CCCCN1.Cl. The van der Waals surface area contributed by atoms with Crippen LogP contribution < -0.4 is 10.6 Å². The summed E-state index contributed by atoms with van der Waals surface area (Å²) in [6.45, 7) is 6.19. The van der Waals surface area contributed by atoms with E-state index >= 15 is 0 Å². The Balaban J connectivity index is 0.00000225. The molecule has 0 saturated carbocycles. The van der Waals surface area contributed by atoms with E-state index in [2.05, 4.69) is 24.5 Å². The van der Waals surface area contributed by atoms with Crippen molar-refractivity contribution >= 4 is 18.3 Å². The molecule has 1 saturated heterocycles. The number of hydrogen-bond acceptors (Lipinski definition) is 2. The topological polar surface area (TPSA) is 41.1 Å². The summed E-state index contributed by atoms with van der Waals surface area (Å²) in [6, 6.07) is 0.0631. The summed E-state index contributed by atoms with van der Waals surface area (Å²) in [6.07, 6.45) is 5.67. The van der Waals surface area contributed by atoms with Gasteiger partial charge >= 0.3 is 0 Å². The van der Waals surface area contributed by atoms with Gasteiger partial charge in [-0.2, -0.15) is 0 Å². The minimum atomic E-state index is 0. The summed E-state index contributed by atoms with van der Waals surface area (Å²) in [5, 5.41) is 6.32. The zero-order chi connectivity index (χ0) is 11.1. The molecule has 1 rings (SSSR count). The van der Waals surface area contributed by atoms with Gasteiger partial charge in [-0.05, 0) is 25.3 Å². The molecule has 1 heterocycles. The van der Waals surface area contributed by atoms with Crippen LogP contribution in [0.4, 0.5) is 0 Å². The lowest BCUT2D eigenvalue weighted by Crippen LogP contribution is -2.47. The first-order valence-corrected chi connectivity index (χ1v) is 6.29. The molecule has 1 atom stereocenters. The highest BCUT2D eigenvalue weighted by Crippen LogP contribution is 2.08. The van der Waals surface area contributed by atoms with Gasteiger partial charge in [0.25, 0.3) is 0 Å². The van der Waals surface area contributed by atoms with E-state index in [1.807, 2.05) is 0 Å². The molecule has 96 valence electrons. The normalized spacial score (nSPS) is 20.3. The predicted molar refractivity (Wildman–Crippen MR) is 70.0 cm³/mol. The fourth-order valence-electron chi connectivity index (χ4n) is 2.02. The molecule has 1 unspecified atom stereocenters. The van der Waals surface area contributed by atoms with Crippen LogP contribution >= 0.6 is 12.4 Å². The Morgan fingerprint density at radius 1 is 1.38 bits per heavy atom. The second kappa shape index (κ2) is 8.82. The van der Waals surface area contributed by atoms with Crippen molar-refractivity contribution in [2.45, 2.75) is 52.0 Å². The number of hydrogen-bond donors (Lipinski definition) is 2. The Bertz CT molecular complexity index is 189. The maximum Gasteiger partial charge on any atom is 0.237 e. The predicted octanol–water partition coefficient (Wildman–Crippen LogP) is 2.10. The maximum atomic E-state index is 11.8. The summed E-state index contributed by atoms with van der Waals surface area (Å²) in [5.41, 5.74) is 0. The summed E-state index contributed by atoms with van der Waals surface area (Å²) in [5.74, 6) is 0.833. The van der Waals surface area contributed by atoms with E-state index < -0.39 is 0 Å². The molecule has 1 fully saturated rings. The third-order valence-corrected chi connectivity index (χ3v) is 3.35. The molecule has 0 radical (unpaired) electrons. The van der Waals surface area contributed by atoms with Crippen LogP contribution in [-0.2, 0) is 4.79 Å². The largest absolute Gasteiger partial charge is 0.354 e. The van der Waals surface area contributed by atoms with Crippen LogP contribution in [0.25, 0.3) is 0 Å². The van der Waals surface area contributed by atoms with Gasteiger partial charge in [-0.25, -0.2) is 0 Å². The van der Waals surface area contributed by atoms with E-state index in [4.69, 9.17) is 0 Å². The average Bonchev–Trinajstić information content (AvgIpc) is 2.31. The van der Waals surface area contributed by atoms with E-state index in [0.29, 0.717) is 5.92 Å². The molecule has 1 aliphatic rings. The van der Waals surface area contributed by atoms with Gasteiger partial charge in [0.1, 0.15) is 0 Å². The number of amides is 1. The van der Waals surface area contributed by atoms with Gasteiger partial charge in [0.15, 0.2) is 0 Å². The Morgan fingerprint density at radius 2 is 2.06 bits per heavy atom. The first-order chi connectivity index (χ1) is 7.27. The molecule has 0 bridgehead atoms. The molecular weight excluding hydrogens is 224 g/mol. The van der Waals surface area contributed by atoms with Gasteiger partial charge in [0.05, 0.1) is 6.04 Å². The molecule has 2 N–H and O–H groups in total. The Morgan fingerprint density at radius 3 is 2.56 bits per heavy atom. The molecule has 0 aliphatic carbocycles. The van der Waals surface area contributed by atoms with Crippen LogP contribution in [0.3, 0.4) is 0 Å². The first-order valence-electron chi connectivity index (χ1n) is 6.29. The highest BCUT2D eigenvalue weighted by molar-refractivity contribution is 5.85. The molecule has 16 heavy (non-hydrogen) atoms. The molecule has 0 aromatic heterocycles. The average molecular weight is 249 g/mol. The monoisotopic (exact) mass is 248 g/mol. The fraction of sp³-hybridized carbons (Fsp3) is 0.917. The summed E-state index contributed by atoms with van der Waals surface area (Å²) >= 11 is 0. The number of halogens is 1. The number of carbonyl (C=O) groups is 1. The van der Waals surface area contributed by atoms with Crippen molar-refractivity contribution in [1.82, 2.24) is 10.6 Å². The number of rotatable bonds is 5. The Labute approximate surface area is 105 Å². The number of carbonyl (C=O) groups excluding carboxylic acids is 1. The van der Waals surface area contributed by atoms with Crippen LogP contribution in [0.2, 0.25) is 0 Å². The second-order valence-corrected chi connectivity index (χ2v) is 4.43. The number of piperidine rings is 1. The smallest absolute Gasteiger partial charge is 0.237 e. The lowest BCUT2D eigenvalue weighted by molar-refractivity contribution is -0.123. The third-order valence-electron chi connectivity index (χ3n) is 3.35. The third kappa shape index (κ3) is 5.17. The molecule has 0 aromatic rings. The van der Waals surface area contributed by atoms with E-state index in [1.54, 1.807) is 0 Å². The van der Waals surface area contributed by atoms with Crippen molar-refractivity contribution in [2.75, 3.05) is 13.1 Å². The van der Waals surface area contributed by atoms with Gasteiger partial charge in [0.2, 0.25) is 5.91 Å². The van der Waals surface area contributed by atoms with E-state index in [1.165, 1.54) is 12.8 Å². The highest BCUT2D eigenvalue weighted by atomic mass is 35.5. The van der Waals surface area contributed by atoms with Crippen LogP contribution in [-0.4, -0.2) is 25.0 Å². The van der Waals surface area contributed by atoms with Crippen LogP contribution in [0.5, 0.6) is 0 Å². The Hall–Kier alpha value is -0.280. The maximum absolute atomic E-state index is 11.8. The van der Waals surface area contributed by atoms with Gasteiger partial charge in [-0.15, -0.1) is 12.4 Å². The molecular formula is C12H25ClN2O. The standard InChI is InChI=1S/C12H24N2O.ClH/c1-3-10(4-2)9-14-12(15)11-7-5-6-8-13-11;/h10-11,13H,3-9H2,1-2H3,(H,14,15);1H. The molecule has 0 spiro atoms. The minimum absolute atomic E-state index is 0. The van der Waals surface area contributed by atoms with Crippen molar-refractivity contribution in [3.05, 3.63) is 0 Å². The van der Waals surface area contributed by atoms with Gasteiger partial charge in [-0.1, -0.05) is 33.1 Å². The minimum Gasteiger partial charge on any atom is -0.354 e. The molecule has 1 amide bonds. The van der Waals surface area contributed by atoms with Crippen LogP contribution in [0, 0.1) is 5.92 Å². The van der Waals surface area contributed by atoms with E-state index in [9.17, 15) is 4.79 Å². The number of nitrogens with one attached hydrogen (secondary N) is 2. The van der Waals surface area contributed by atoms with Crippen LogP contribution in [0.1, 0.15) is 46.0 Å². The molecule has 4 heteroatoms. The van der Waals surface area contributed by atoms with Crippen molar-refractivity contribution in [1.29, 1.82) is 0 Å². The zero-order valence-corrected chi connectivity index (χ0v) is 11.2. The van der Waals surface area contributed by atoms with Gasteiger partial charge < -0.3 is 10.6 Å². The van der Waals surface area contributed by atoms with Crippen molar-refractivity contribution in [2.24, 2.45) is 5.92 Å². The second-order valence-electron chi connectivity index (χ2n) is 4.43. The van der Waals surface area contributed by atoms with Crippen LogP contribution in [0.15, 0.2) is 0 Å². The molecule has 1 aliphatic heterocycles. The highest BCUT2D eigenvalue weighted by Gasteiger charge is 2.20. The Kier molecular flexibility index (Phi) is 8.67. The van der Waals surface area contributed by atoms with Gasteiger partial charge in [0, 0.05) is 6.54 Å². The summed E-state index contributed by atoms with van der Waals surface area (Å²) < 4.78 is 0. The first kappa shape index (κ1) is 15.7.